The van der Waals surface area contributed by atoms with E-state index in [1.165, 1.54) is 0 Å². The van der Waals surface area contributed by atoms with Crippen LogP contribution in [0.3, 0.4) is 0 Å². The minimum absolute atomic E-state index is 0.360. The van der Waals surface area contributed by atoms with Gasteiger partial charge < -0.3 is 14.8 Å². The van der Waals surface area contributed by atoms with Crippen molar-refractivity contribution in [2.24, 2.45) is 10.2 Å². The molecule has 0 fully saturated rings. The number of hydrogen-bond acceptors (Lipinski definition) is 5. The lowest BCUT2D eigenvalue weighted by Crippen LogP contribution is -2.24. The molecule has 0 aromatic carbocycles. The van der Waals surface area contributed by atoms with Crippen LogP contribution >= 0.6 is 0 Å². The summed E-state index contributed by atoms with van der Waals surface area (Å²) in [6.45, 7) is 4.17. The molecule has 9 nitrogen and oxygen atoms in total. The maximum atomic E-state index is 7.99. The standard InChI is InChI=1S/C8H17N7O2/c9-14-12-3-7-16-5-1-11-2-6-17-8-4-13-15-10/h11H,1-8H2. The number of hydrogen-bond donors (Lipinski definition) is 1. The van der Waals surface area contributed by atoms with Crippen LogP contribution in [0.15, 0.2) is 10.2 Å². The van der Waals surface area contributed by atoms with Gasteiger partial charge in [-0.2, -0.15) is 0 Å². The fraction of sp³-hybridized carbons (Fsp3) is 1.00. The molecule has 0 aromatic rings. The average Bonchev–Trinajstić information content (AvgIpc) is 2.35. The van der Waals surface area contributed by atoms with E-state index in [4.69, 9.17) is 20.5 Å². The third-order valence-corrected chi connectivity index (χ3v) is 1.64. The molecule has 96 valence electrons. The van der Waals surface area contributed by atoms with Crippen LogP contribution in [0.25, 0.3) is 20.9 Å². The maximum Gasteiger partial charge on any atom is 0.0590 e. The molecule has 0 aliphatic carbocycles. The van der Waals surface area contributed by atoms with E-state index in [1.54, 1.807) is 0 Å². The molecule has 0 atom stereocenters. The molecule has 9 heteroatoms. The van der Waals surface area contributed by atoms with Crippen LogP contribution in [0.1, 0.15) is 0 Å². The zero-order chi connectivity index (χ0) is 12.6. The van der Waals surface area contributed by atoms with Crippen molar-refractivity contribution >= 4 is 0 Å². The number of rotatable bonds is 12. The van der Waals surface area contributed by atoms with Gasteiger partial charge in [0, 0.05) is 36.0 Å². The second kappa shape index (κ2) is 14.5. The summed E-state index contributed by atoms with van der Waals surface area (Å²) < 4.78 is 10.3. The first-order valence-corrected chi connectivity index (χ1v) is 5.29. The van der Waals surface area contributed by atoms with Crippen molar-refractivity contribution in [2.45, 2.75) is 0 Å². The second-order valence-electron chi connectivity index (χ2n) is 2.88. The fourth-order valence-electron chi connectivity index (χ4n) is 0.918. The van der Waals surface area contributed by atoms with Crippen molar-refractivity contribution in [1.82, 2.24) is 5.32 Å². The van der Waals surface area contributed by atoms with E-state index in [1.807, 2.05) is 0 Å². The van der Waals surface area contributed by atoms with E-state index in [-0.39, 0.29) is 0 Å². The van der Waals surface area contributed by atoms with Gasteiger partial charge in [0.1, 0.15) is 0 Å². The van der Waals surface area contributed by atoms with Crippen molar-refractivity contribution < 1.29 is 9.47 Å². The molecule has 0 spiro atoms. The minimum Gasteiger partial charge on any atom is -0.380 e. The summed E-state index contributed by atoms with van der Waals surface area (Å²) in [4.78, 5) is 5.21. The molecule has 0 saturated heterocycles. The van der Waals surface area contributed by atoms with Crippen molar-refractivity contribution in [2.75, 3.05) is 52.6 Å². The highest BCUT2D eigenvalue weighted by Crippen LogP contribution is 1.78. The molecule has 0 radical (unpaired) electrons. The molecule has 0 aliphatic heterocycles. The normalized spacial score (nSPS) is 9.41. The molecule has 0 amide bonds. The Bertz CT molecular complexity index is 235. The summed E-state index contributed by atoms with van der Waals surface area (Å²) in [7, 11) is 0. The first kappa shape index (κ1) is 15.5. The van der Waals surface area contributed by atoms with Gasteiger partial charge in [0.25, 0.3) is 0 Å². The van der Waals surface area contributed by atoms with E-state index in [9.17, 15) is 0 Å². The number of ether oxygens (including phenoxy) is 2. The third kappa shape index (κ3) is 14.5. The van der Waals surface area contributed by atoms with Crippen LogP contribution in [-0.4, -0.2) is 52.6 Å². The predicted octanol–water partition coefficient (Wildman–Crippen LogP) is 1.23. The first-order chi connectivity index (χ1) is 8.41. The monoisotopic (exact) mass is 243 g/mol. The van der Waals surface area contributed by atoms with E-state index in [0.717, 1.165) is 13.1 Å². The lowest BCUT2D eigenvalue weighted by atomic mass is 10.6. The zero-order valence-electron chi connectivity index (χ0n) is 9.66. The van der Waals surface area contributed by atoms with Gasteiger partial charge in [-0.1, -0.05) is 10.2 Å². The quantitative estimate of drug-likeness (QED) is 0.239. The van der Waals surface area contributed by atoms with Gasteiger partial charge in [0.15, 0.2) is 0 Å². The van der Waals surface area contributed by atoms with Crippen LogP contribution in [0.4, 0.5) is 0 Å². The minimum atomic E-state index is 0.360. The van der Waals surface area contributed by atoms with Crippen molar-refractivity contribution in [1.29, 1.82) is 0 Å². The number of nitrogens with one attached hydrogen (secondary N) is 1. The molecule has 17 heavy (non-hydrogen) atoms. The maximum absolute atomic E-state index is 7.99. The highest BCUT2D eigenvalue weighted by Gasteiger charge is 1.89. The summed E-state index contributed by atoms with van der Waals surface area (Å²) in [6, 6.07) is 0. The van der Waals surface area contributed by atoms with Gasteiger partial charge in [-0.25, -0.2) is 0 Å². The molecule has 1 N–H and O–H groups in total. The molecule has 0 bridgehead atoms. The Hall–Kier alpha value is -1.50. The molecular weight excluding hydrogens is 226 g/mol. The SMILES string of the molecule is [N-]=[N+]=NCCOCCNCCOCCN=[N+]=[N-]. The Morgan fingerprint density at radius 3 is 1.71 bits per heavy atom. The molecule has 0 unspecified atom stereocenters. The van der Waals surface area contributed by atoms with E-state index in [2.05, 4.69) is 25.4 Å². The summed E-state index contributed by atoms with van der Waals surface area (Å²) in [5.74, 6) is 0. The lowest BCUT2D eigenvalue weighted by Gasteiger charge is -2.05. The highest BCUT2D eigenvalue weighted by molar-refractivity contribution is 4.48. The summed E-state index contributed by atoms with van der Waals surface area (Å²) in [5, 5.41) is 9.78. The Morgan fingerprint density at radius 1 is 0.824 bits per heavy atom. The van der Waals surface area contributed by atoms with Crippen molar-refractivity contribution in [3.05, 3.63) is 20.9 Å². The largest absolute Gasteiger partial charge is 0.380 e. The first-order valence-electron chi connectivity index (χ1n) is 5.29. The number of nitrogens with zero attached hydrogens (tertiary/aromatic N) is 6. The molecule has 0 aromatic heterocycles. The molecule has 0 saturated carbocycles. The third-order valence-electron chi connectivity index (χ3n) is 1.64. The van der Waals surface area contributed by atoms with E-state index >= 15 is 0 Å². The van der Waals surface area contributed by atoms with Crippen molar-refractivity contribution in [3.63, 3.8) is 0 Å². The van der Waals surface area contributed by atoms with Gasteiger partial charge in [-0.3, -0.25) is 0 Å². The fourth-order valence-corrected chi connectivity index (χ4v) is 0.918. The Labute approximate surface area is 99.3 Å². The Balaban J connectivity index is 2.98. The second-order valence-corrected chi connectivity index (χ2v) is 2.88. The van der Waals surface area contributed by atoms with Gasteiger partial charge in [-0.05, 0) is 11.1 Å². The van der Waals surface area contributed by atoms with Crippen LogP contribution in [-0.2, 0) is 9.47 Å². The zero-order valence-corrected chi connectivity index (χ0v) is 9.66. The summed E-state index contributed by atoms with van der Waals surface area (Å²) >= 11 is 0. The highest BCUT2D eigenvalue weighted by atomic mass is 16.5. The topological polar surface area (TPSA) is 128 Å². The van der Waals surface area contributed by atoms with Gasteiger partial charge in [-0.15, -0.1) is 0 Å². The van der Waals surface area contributed by atoms with Crippen molar-refractivity contribution in [3.8, 4) is 0 Å². The predicted molar refractivity (Wildman–Crippen MR) is 62.5 cm³/mol. The average molecular weight is 243 g/mol. The van der Waals surface area contributed by atoms with Gasteiger partial charge >= 0.3 is 0 Å². The Kier molecular flexibility index (Phi) is 13.2. The van der Waals surface area contributed by atoms with Gasteiger partial charge in [0.2, 0.25) is 0 Å². The molecule has 0 heterocycles. The van der Waals surface area contributed by atoms with Crippen LogP contribution in [0.2, 0.25) is 0 Å². The van der Waals surface area contributed by atoms with Gasteiger partial charge in [0.05, 0.1) is 26.4 Å². The summed E-state index contributed by atoms with van der Waals surface area (Å²) in [6.07, 6.45) is 0. The number of azide groups is 2. The molecule has 0 rings (SSSR count). The molecular formula is C8H17N7O2. The van der Waals surface area contributed by atoms with E-state index in [0.29, 0.717) is 39.5 Å². The van der Waals surface area contributed by atoms with Crippen LogP contribution < -0.4 is 5.32 Å². The molecule has 0 aliphatic rings. The van der Waals surface area contributed by atoms with E-state index < -0.39 is 0 Å². The Morgan fingerprint density at radius 2 is 1.29 bits per heavy atom. The lowest BCUT2D eigenvalue weighted by molar-refractivity contribution is 0.128. The van der Waals surface area contributed by atoms with Crippen LogP contribution in [0, 0.1) is 0 Å². The van der Waals surface area contributed by atoms with Crippen LogP contribution in [0.5, 0.6) is 0 Å². The smallest absolute Gasteiger partial charge is 0.0590 e. The summed E-state index contributed by atoms with van der Waals surface area (Å²) in [5.41, 5.74) is 16.0.